The molecule has 7 heteroatoms. The molecule has 1 aliphatic carbocycles. The predicted octanol–water partition coefficient (Wildman–Crippen LogP) is 5.69. The Hall–Kier alpha value is -3.66. The first kappa shape index (κ1) is 26.9. The van der Waals surface area contributed by atoms with Crippen LogP contribution in [-0.2, 0) is 27.2 Å². The van der Waals surface area contributed by atoms with Gasteiger partial charge < -0.3 is 9.64 Å². The van der Waals surface area contributed by atoms with E-state index < -0.39 is 23.7 Å². The number of nitrogens with zero attached hydrogens (tertiary/aromatic N) is 3. The molecule has 2 saturated heterocycles. The highest BCUT2D eigenvalue weighted by molar-refractivity contribution is 6.01. The van der Waals surface area contributed by atoms with Gasteiger partial charge in [-0.1, -0.05) is 30.3 Å². The van der Waals surface area contributed by atoms with Crippen molar-refractivity contribution in [3.05, 3.63) is 53.6 Å². The first-order valence-corrected chi connectivity index (χ1v) is 14.0. The molecular formula is C32H37N3O4. The third-order valence-electron chi connectivity index (χ3n) is 8.37. The lowest BCUT2D eigenvalue weighted by molar-refractivity contribution is -0.133. The number of carbonyl (C=O) groups excluding carboxylic acids is 3. The molecule has 3 heterocycles. The van der Waals surface area contributed by atoms with Gasteiger partial charge in [-0.2, -0.15) is 5.26 Å². The molecule has 0 unspecified atom stereocenters. The van der Waals surface area contributed by atoms with Crippen LogP contribution in [0, 0.1) is 23.2 Å². The smallest absolute Gasteiger partial charge is 0.411 e. The maximum atomic E-state index is 13.6. The Morgan fingerprint density at radius 2 is 1.72 bits per heavy atom. The van der Waals surface area contributed by atoms with Crippen LogP contribution in [0.2, 0.25) is 0 Å². The van der Waals surface area contributed by atoms with Gasteiger partial charge in [-0.25, -0.2) is 4.79 Å². The van der Waals surface area contributed by atoms with Crippen LogP contribution in [0.5, 0.6) is 0 Å². The standard InChI is InChI=1S/C32H37N3O4/c1-32(2,3)39-31(38)35-26-12-9-23(10-13-26)30(35)28(36)16-21(19-33)15-20-5-7-22(8-6-20)24-11-14-27-25(17-24)18-29(37)34(27)4/h5-8,11,14,17,21,23,26,30H,9-10,12-13,15-16,18H2,1-4H3/t21-,23?,26?,30+/m1/s1. The number of fused-ring (bicyclic) bond motifs is 4. The summed E-state index contributed by atoms with van der Waals surface area (Å²) < 4.78 is 5.67. The van der Waals surface area contributed by atoms with E-state index in [9.17, 15) is 19.6 Å². The van der Waals surface area contributed by atoms with Gasteiger partial charge in [0.2, 0.25) is 5.91 Å². The molecule has 4 aliphatic rings. The molecule has 204 valence electrons. The number of anilines is 1. The summed E-state index contributed by atoms with van der Waals surface area (Å²) in [7, 11) is 1.80. The Bertz CT molecular complexity index is 1310. The maximum absolute atomic E-state index is 13.6. The largest absolute Gasteiger partial charge is 0.444 e. The average Bonchev–Trinajstić information content (AvgIpc) is 3.20. The first-order chi connectivity index (χ1) is 18.5. The number of Topliss-reactive ketones (excluding diaryl/α,β-unsaturated/α-hetero) is 1. The molecule has 2 atom stereocenters. The predicted molar refractivity (Wildman–Crippen MR) is 149 cm³/mol. The van der Waals surface area contributed by atoms with Crippen LogP contribution in [0.4, 0.5) is 10.5 Å². The molecule has 0 N–H and O–H groups in total. The van der Waals surface area contributed by atoms with Gasteiger partial charge in [0.05, 0.1) is 24.4 Å². The Balaban J connectivity index is 1.26. The van der Waals surface area contributed by atoms with Crippen molar-refractivity contribution >= 4 is 23.5 Å². The van der Waals surface area contributed by atoms with E-state index in [4.69, 9.17) is 4.74 Å². The lowest BCUT2D eigenvalue weighted by Crippen LogP contribution is -2.61. The van der Waals surface area contributed by atoms with Crippen molar-refractivity contribution in [3.63, 3.8) is 0 Å². The summed E-state index contributed by atoms with van der Waals surface area (Å²) in [5.41, 5.74) is 4.44. The number of ketones is 1. The molecule has 39 heavy (non-hydrogen) atoms. The third-order valence-corrected chi connectivity index (χ3v) is 8.37. The molecule has 0 spiro atoms. The molecule has 2 amide bonds. The molecule has 0 radical (unpaired) electrons. The molecule has 2 aromatic rings. The van der Waals surface area contributed by atoms with Gasteiger partial charge in [0.15, 0.2) is 5.78 Å². The van der Waals surface area contributed by atoms with Crippen LogP contribution < -0.4 is 4.90 Å². The lowest BCUT2D eigenvalue weighted by atomic mass is 9.72. The minimum absolute atomic E-state index is 0.0314. The lowest BCUT2D eigenvalue weighted by Gasteiger charge is -2.50. The summed E-state index contributed by atoms with van der Waals surface area (Å²) in [6, 6.07) is 16.0. The molecule has 3 fully saturated rings. The Kier molecular flexibility index (Phi) is 7.24. The van der Waals surface area contributed by atoms with Crippen LogP contribution in [0.15, 0.2) is 42.5 Å². The van der Waals surface area contributed by atoms with Crippen molar-refractivity contribution < 1.29 is 19.1 Å². The second-order valence-corrected chi connectivity index (χ2v) is 12.3. The average molecular weight is 528 g/mol. The quantitative estimate of drug-likeness (QED) is 0.481. The van der Waals surface area contributed by atoms with Gasteiger partial charge in [0.25, 0.3) is 0 Å². The van der Waals surface area contributed by atoms with Crippen molar-refractivity contribution in [2.75, 3.05) is 11.9 Å². The second kappa shape index (κ2) is 10.5. The summed E-state index contributed by atoms with van der Waals surface area (Å²) in [6.45, 7) is 5.51. The fraction of sp³-hybridized carbons (Fsp3) is 0.500. The van der Waals surface area contributed by atoms with Crippen LogP contribution in [0.25, 0.3) is 11.1 Å². The molecule has 2 bridgehead atoms. The third kappa shape index (κ3) is 5.56. The number of amides is 2. The molecule has 3 aliphatic heterocycles. The van der Waals surface area contributed by atoms with Crippen molar-refractivity contribution in [2.45, 2.75) is 83.4 Å². The zero-order chi connectivity index (χ0) is 27.9. The summed E-state index contributed by atoms with van der Waals surface area (Å²) in [5.74, 6) is -0.261. The Labute approximate surface area is 230 Å². The molecule has 0 aromatic heterocycles. The number of carbonyl (C=O) groups is 3. The van der Waals surface area contributed by atoms with Gasteiger partial charge in [0.1, 0.15) is 5.60 Å². The number of ether oxygens (including phenoxy) is 1. The highest BCUT2D eigenvalue weighted by atomic mass is 16.6. The summed E-state index contributed by atoms with van der Waals surface area (Å²) >= 11 is 0. The monoisotopic (exact) mass is 527 g/mol. The molecule has 6 rings (SSSR count). The maximum Gasteiger partial charge on any atom is 0.411 e. The van der Waals surface area contributed by atoms with Crippen molar-refractivity contribution in [1.82, 2.24) is 4.90 Å². The number of benzene rings is 2. The van der Waals surface area contributed by atoms with Crippen molar-refractivity contribution in [2.24, 2.45) is 11.8 Å². The van der Waals surface area contributed by atoms with Gasteiger partial charge in [0, 0.05) is 25.2 Å². The van der Waals surface area contributed by atoms with E-state index in [2.05, 4.69) is 12.1 Å². The van der Waals surface area contributed by atoms with E-state index >= 15 is 0 Å². The molecular weight excluding hydrogens is 490 g/mol. The fourth-order valence-electron chi connectivity index (χ4n) is 6.44. The highest BCUT2D eigenvalue weighted by Gasteiger charge is 2.48. The topological polar surface area (TPSA) is 90.7 Å². The summed E-state index contributed by atoms with van der Waals surface area (Å²) in [4.78, 5) is 42.1. The fourth-order valence-corrected chi connectivity index (χ4v) is 6.44. The van der Waals surface area contributed by atoms with E-state index in [1.807, 2.05) is 57.2 Å². The number of nitriles is 1. The number of likely N-dealkylation sites (N-methyl/N-ethyl adjacent to an activating group) is 1. The summed E-state index contributed by atoms with van der Waals surface area (Å²) in [5, 5.41) is 9.92. The van der Waals surface area contributed by atoms with Crippen LogP contribution in [0.1, 0.15) is 64.0 Å². The number of hydrogen-bond donors (Lipinski definition) is 0. The zero-order valence-corrected chi connectivity index (χ0v) is 23.3. The number of hydrogen-bond acceptors (Lipinski definition) is 5. The van der Waals surface area contributed by atoms with E-state index in [-0.39, 0.29) is 30.1 Å². The van der Waals surface area contributed by atoms with Crippen LogP contribution in [0.3, 0.4) is 0 Å². The number of piperidine rings is 2. The SMILES string of the molecule is CN1C(=O)Cc2cc(-c3ccc(C[C@@H](C#N)CC(=O)[C@@H]4C5CCC(CC5)N4C(=O)OC(C)(C)C)cc3)ccc21. The van der Waals surface area contributed by atoms with Crippen LogP contribution in [-0.4, -0.2) is 47.4 Å². The summed E-state index contributed by atoms with van der Waals surface area (Å²) in [6.07, 6.45) is 4.28. The molecule has 7 nitrogen and oxygen atoms in total. The highest BCUT2D eigenvalue weighted by Crippen LogP contribution is 2.41. The minimum atomic E-state index is -0.629. The van der Waals surface area contributed by atoms with E-state index in [1.165, 1.54) is 0 Å². The molecule has 1 saturated carbocycles. The molecule has 2 aromatic carbocycles. The van der Waals surface area contributed by atoms with Gasteiger partial charge in [-0.05, 0) is 93.2 Å². The minimum Gasteiger partial charge on any atom is -0.444 e. The van der Waals surface area contributed by atoms with E-state index in [0.29, 0.717) is 12.8 Å². The van der Waals surface area contributed by atoms with Gasteiger partial charge in [-0.15, -0.1) is 0 Å². The number of rotatable bonds is 6. The zero-order valence-electron chi connectivity index (χ0n) is 23.3. The van der Waals surface area contributed by atoms with E-state index in [0.717, 1.165) is 53.6 Å². The normalized spacial score (nSPS) is 22.8. The van der Waals surface area contributed by atoms with Crippen molar-refractivity contribution in [3.8, 4) is 17.2 Å². The van der Waals surface area contributed by atoms with Crippen LogP contribution >= 0.6 is 0 Å². The first-order valence-electron chi connectivity index (χ1n) is 14.0. The van der Waals surface area contributed by atoms with Gasteiger partial charge in [-0.3, -0.25) is 14.5 Å². The Morgan fingerprint density at radius 3 is 2.36 bits per heavy atom. The van der Waals surface area contributed by atoms with Gasteiger partial charge >= 0.3 is 6.09 Å². The van der Waals surface area contributed by atoms with E-state index in [1.54, 1.807) is 16.8 Å². The second-order valence-electron chi connectivity index (χ2n) is 12.3. The van der Waals surface area contributed by atoms with Crippen molar-refractivity contribution in [1.29, 1.82) is 5.26 Å². The Morgan fingerprint density at radius 1 is 1.05 bits per heavy atom.